The van der Waals surface area contributed by atoms with Crippen molar-refractivity contribution < 1.29 is 58.2 Å². The summed E-state index contributed by atoms with van der Waals surface area (Å²) in [5.74, 6) is -11.3. The molecule has 1 aromatic carbocycles. The number of aromatic amines is 1. The summed E-state index contributed by atoms with van der Waals surface area (Å²) in [5.41, 5.74) is 31.0. The van der Waals surface area contributed by atoms with E-state index in [1.165, 1.54) is 4.90 Å². The number of nitrogens with one attached hydrogen (secondary N) is 8. The molecule has 5 rings (SSSR count). The second-order valence-corrected chi connectivity index (χ2v) is 17.6. The Bertz CT molecular complexity index is 2470. The van der Waals surface area contributed by atoms with Gasteiger partial charge in [-0.3, -0.25) is 53.0 Å². The molecule has 3 heterocycles. The average Bonchev–Trinajstić information content (AvgIpc) is 4.17. The molecule has 71 heavy (non-hydrogen) atoms. The smallest absolute Gasteiger partial charge is 0.303 e. The van der Waals surface area contributed by atoms with Gasteiger partial charge in [0.1, 0.15) is 36.3 Å². The number of nitrogens with zero attached hydrogens (tertiary/aromatic N) is 2. The van der Waals surface area contributed by atoms with Crippen LogP contribution in [0.2, 0.25) is 0 Å². The number of aromatic nitrogens is 1. The van der Waals surface area contributed by atoms with E-state index in [0.717, 1.165) is 16.6 Å². The van der Waals surface area contributed by atoms with Gasteiger partial charge in [0, 0.05) is 60.7 Å². The zero-order valence-corrected chi connectivity index (χ0v) is 39.1. The highest BCUT2D eigenvalue weighted by atomic mass is 16.4. The number of fused-ring (bicyclic) bond motifs is 1. The van der Waals surface area contributed by atoms with E-state index in [0.29, 0.717) is 17.7 Å². The zero-order valence-electron chi connectivity index (χ0n) is 39.1. The molecule has 1 unspecified atom stereocenters. The van der Waals surface area contributed by atoms with Crippen molar-refractivity contribution in [1.82, 2.24) is 52.4 Å². The first-order valence-corrected chi connectivity index (χ1v) is 22.9. The maximum absolute atomic E-state index is 15.0. The van der Waals surface area contributed by atoms with Crippen molar-refractivity contribution in [3.8, 4) is 0 Å². The van der Waals surface area contributed by atoms with E-state index in [9.17, 15) is 48.3 Å². The molecule has 0 spiro atoms. The van der Waals surface area contributed by atoms with E-state index in [2.05, 4.69) is 42.5 Å². The van der Waals surface area contributed by atoms with E-state index in [4.69, 9.17) is 28.0 Å². The third-order valence-electron chi connectivity index (χ3n) is 12.4. The van der Waals surface area contributed by atoms with Gasteiger partial charge >= 0.3 is 5.97 Å². The molecule has 26 heteroatoms. The minimum atomic E-state index is -1.80. The molecular weight excluding hydrogens is 929 g/mol. The Morgan fingerprint density at radius 2 is 1.48 bits per heavy atom. The number of rotatable bonds is 26. The summed E-state index contributed by atoms with van der Waals surface area (Å²) in [4.78, 5) is 136. The topological polar surface area (TPSA) is 422 Å². The number of hydrogen-bond donors (Lipinski definition) is 14. The van der Waals surface area contributed by atoms with Crippen LogP contribution in [0.25, 0.3) is 10.9 Å². The number of carboxylic acids is 1. The predicted molar refractivity (Wildman–Crippen MR) is 252 cm³/mol. The lowest BCUT2D eigenvalue weighted by Crippen LogP contribution is -2.61. The maximum atomic E-state index is 15.0. The number of allylic oxidation sites excluding steroid dienone is 3. The summed E-state index contributed by atoms with van der Waals surface area (Å²) >= 11 is 0. The third-order valence-corrected chi connectivity index (χ3v) is 12.4. The molecule has 1 aromatic heterocycles. The maximum Gasteiger partial charge on any atom is 0.303 e. The van der Waals surface area contributed by atoms with Gasteiger partial charge in [-0.1, -0.05) is 50.6 Å². The highest BCUT2D eigenvalue weighted by molar-refractivity contribution is 6.00. The van der Waals surface area contributed by atoms with Crippen molar-refractivity contribution in [3.05, 3.63) is 71.8 Å². The van der Waals surface area contributed by atoms with Crippen LogP contribution in [0, 0.1) is 11.8 Å². The number of H-pyrrole nitrogens is 1. The van der Waals surface area contributed by atoms with Crippen molar-refractivity contribution in [3.63, 3.8) is 0 Å². The summed E-state index contributed by atoms with van der Waals surface area (Å²) in [6.45, 7) is 2.45. The molecule has 2 aliphatic heterocycles. The highest BCUT2D eigenvalue weighted by Gasteiger charge is 2.46. The second kappa shape index (κ2) is 24.6. The number of aliphatic hydroxyl groups is 1. The van der Waals surface area contributed by atoms with Gasteiger partial charge in [-0.05, 0) is 36.5 Å². The number of carbonyl (C=O) groups excluding carboxylic acids is 9. The minimum Gasteiger partial charge on any atom is -0.481 e. The monoisotopic (exact) mass is 990 g/mol. The number of amides is 9. The number of nitrogens with two attached hydrogens (primary N) is 4. The fraction of sp³-hybridized carbons (Fsp3) is 0.467. The first-order chi connectivity index (χ1) is 33.7. The van der Waals surface area contributed by atoms with Crippen molar-refractivity contribution in [2.75, 3.05) is 13.2 Å². The largest absolute Gasteiger partial charge is 0.481 e. The van der Waals surface area contributed by atoms with Crippen LogP contribution in [-0.2, 0) is 54.4 Å². The number of likely N-dealkylation sites (tertiary alicyclic amines) is 1. The van der Waals surface area contributed by atoms with Crippen molar-refractivity contribution in [2.45, 2.75) is 108 Å². The van der Waals surface area contributed by atoms with Gasteiger partial charge in [0.15, 0.2) is 0 Å². The lowest BCUT2D eigenvalue weighted by molar-refractivity contribution is -0.144. The fourth-order valence-electron chi connectivity index (χ4n) is 8.23. The molecule has 384 valence electrons. The van der Waals surface area contributed by atoms with Crippen LogP contribution in [0.3, 0.4) is 0 Å². The van der Waals surface area contributed by atoms with Gasteiger partial charge in [0.2, 0.25) is 53.2 Å². The summed E-state index contributed by atoms with van der Waals surface area (Å²) < 4.78 is 0. The van der Waals surface area contributed by atoms with Gasteiger partial charge in [0.25, 0.3) is 0 Å². The number of aliphatic hydroxyl groups excluding tert-OH is 1. The van der Waals surface area contributed by atoms with Gasteiger partial charge in [-0.25, -0.2) is 0 Å². The molecule has 1 fully saturated rings. The number of carbonyl (C=O) groups is 10. The number of carboxylic acid groups (broad SMARTS) is 1. The first-order valence-electron chi connectivity index (χ1n) is 22.9. The lowest BCUT2D eigenvalue weighted by Gasteiger charge is -2.33. The van der Waals surface area contributed by atoms with Crippen molar-refractivity contribution >= 4 is 70.0 Å². The number of aliphatic carboxylic acids is 1. The normalized spacial score (nSPS) is 19.2. The van der Waals surface area contributed by atoms with Crippen molar-refractivity contribution in [2.24, 2.45) is 34.8 Å². The molecular formula is C45H62N14O12. The van der Waals surface area contributed by atoms with Crippen LogP contribution < -0.4 is 60.5 Å². The van der Waals surface area contributed by atoms with Crippen LogP contribution in [0.1, 0.15) is 64.4 Å². The van der Waals surface area contributed by atoms with Gasteiger partial charge in [-0.15, -0.1) is 5.53 Å². The molecule has 9 amide bonds. The van der Waals surface area contributed by atoms with Crippen LogP contribution >= 0.6 is 0 Å². The van der Waals surface area contributed by atoms with Crippen LogP contribution in [-0.4, -0.2) is 140 Å². The Kier molecular flexibility index (Phi) is 18.8. The molecule has 3 aliphatic rings. The molecule has 26 nitrogen and oxygen atoms in total. The summed E-state index contributed by atoms with van der Waals surface area (Å²) in [6, 6.07) is -3.36. The molecule has 0 bridgehead atoms. The van der Waals surface area contributed by atoms with Gasteiger partial charge in [0.05, 0.1) is 31.2 Å². The number of hydrogen-bond acceptors (Lipinski definition) is 15. The molecule has 2 aromatic rings. The average molecular weight is 991 g/mol. The number of benzene rings is 1. The van der Waals surface area contributed by atoms with Gasteiger partial charge < -0.3 is 75.0 Å². The van der Waals surface area contributed by atoms with E-state index < -0.39 is 139 Å². The Hall–Kier alpha value is -7.84. The summed E-state index contributed by atoms with van der Waals surface area (Å²) in [5, 5.41) is 33.6. The Morgan fingerprint density at radius 3 is 2.08 bits per heavy atom. The van der Waals surface area contributed by atoms with Crippen LogP contribution in [0.15, 0.2) is 66.3 Å². The predicted octanol–water partition coefficient (Wildman–Crippen LogP) is -4.17. The number of hydrazine groups is 2. The molecule has 18 N–H and O–H groups in total. The zero-order chi connectivity index (χ0) is 52.1. The van der Waals surface area contributed by atoms with Crippen molar-refractivity contribution in [1.29, 1.82) is 0 Å². The SMILES string of the molecule is CC[C@H](C)[C@H](NC(=O)[C@H](CC(N)=O)NC(=O)[C@H](CC(N)=O)NC(=O)[C@@H](N)CCC(=O)O)C(=O)N1CC(C2=CN(C3=CC=CC3)NN2)C[C@H]1C(=O)N[C@@H](Cc1c[nH]c2ccccc12)C(=O)N[C@@H](CO)C(N)=O. The molecule has 0 radical (unpaired) electrons. The molecule has 1 saturated heterocycles. The van der Waals surface area contributed by atoms with E-state index in [1.807, 2.05) is 24.3 Å². The highest BCUT2D eigenvalue weighted by Crippen LogP contribution is 2.32. The fourth-order valence-corrected chi connectivity index (χ4v) is 8.23. The lowest BCUT2D eigenvalue weighted by atomic mass is 9.96. The van der Waals surface area contributed by atoms with E-state index >= 15 is 4.79 Å². The Morgan fingerprint density at radius 1 is 0.845 bits per heavy atom. The first kappa shape index (κ1) is 54.1. The Labute approximate surface area is 407 Å². The summed E-state index contributed by atoms with van der Waals surface area (Å²) in [6.07, 6.45) is 7.53. The number of primary amides is 3. The summed E-state index contributed by atoms with van der Waals surface area (Å²) in [7, 11) is 0. The standard InChI is InChI=1S/C45H62N14O12/c1-3-22(2)38(55-43(69)31(17-36(48)62)52-42(68)30(16-35(47)61)51-40(66)27(46)12-13-37(63)64)45(71)58-19-24(32-20-59(57-56-32)25-8-4-5-9-25)15-34(58)44(70)53-29(41(67)54-33(21-60)39(49)65)14-23-18-50-28-11-7-6-10-26(23)28/h4-8,10-11,18,20,22,24,27,29-31,33-34,38,50,56-57,60H,3,9,12-17,19,21,46H2,1-2H3,(H2,47,61)(H2,48,62)(H2,49,65)(H,51,66)(H,52,68)(H,53,70)(H,54,67)(H,55,69)(H,63,64)/t22-,24?,27-,29-,30-,31-,33-,34-,38-/m0/s1. The second-order valence-electron chi connectivity index (χ2n) is 17.6. The van der Waals surface area contributed by atoms with Gasteiger partial charge in [-0.2, -0.15) is 0 Å². The van der Waals surface area contributed by atoms with E-state index in [1.54, 1.807) is 49.5 Å². The van der Waals surface area contributed by atoms with Crippen LogP contribution in [0.5, 0.6) is 0 Å². The molecule has 9 atom stereocenters. The number of para-hydroxylation sites is 1. The minimum absolute atomic E-state index is 0.000331. The quantitative estimate of drug-likeness (QED) is 0.0425. The molecule has 1 aliphatic carbocycles. The van der Waals surface area contributed by atoms with Crippen LogP contribution in [0.4, 0.5) is 0 Å². The van der Waals surface area contributed by atoms with E-state index in [-0.39, 0.29) is 32.2 Å². The Balaban J connectivity index is 1.45. The molecule has 0 saturated carbocycles. The third kappa shape index (κ3) is 14.4.